The first kappa shape index (κ1) is 18.2. The molecule has 0 aliphatic carbocycles. The van der Waals surface area contributed by atoms with E-state index in [0.717, 1.165) is 5.70 Å². The van der Waals surface area contributed by atoms with Crippen LogP contribution in [-0.4, -0.2) is 22.4 Å². The summed E-state index contributed by atoms with van der Waals surface area (Å²) in [6, 6.07) is 5.69. The van der Waals surface area contributed by atoms with Crippen LogP contribution in [0.2, 0.25) is 0 Å². The number of allylic oxidation sites excluding steroid dienone is 3. The molecule has 132 valence electrons. The van der Waals surface area contributed by atoms with E-state index in [4.69, 9.17) is 0 Å². The lowest BCUT2D eigenvalue weighted by Crippen LogP contribution is -2.34. The van der Waals surface area contributed by atoms with Crippen LogP contribution in [0, 0.1) is 10.1 Å². The average Bonchev–Trinajstić information content (AvgIpc) is 2.61. The Hall–Kier alpha value is -3.16. The Bertz CT molecular complexity index is 765. The Morgan fingerprint density at radius 2 is 1.88 bits per heavy atom. The highest BCUT2D eigenvalue weighted by molar-refractivity contribution is 5.91. The fourth-order valence-electron chi connectivity index (χ4n) is 2.98. The van der Waals surface area contributed by atoms with Gasteiger partial charge < -0.3 is 15.7 Å². The quantitative estimate of drug-likeness (QED) is 0.396. The van der Waals surface area contributed by atoms with Gasteiger partial charge in [0.2, 0.25) is 6.41 Å². The number of rotatable bonds is 7. The molecule has 0 spiro atoms. The van der Waals surface area contributed by atoms with E-state index in [-0.39, 0.29) is 11.3 Å². The number of carbonyl (C=O) groups is 2. The van der Waals surface area contributed by atoms with E-state index in [1.807, 2.05) is 13.8 Å². The summed E-state index contributed by atoms with van der Waals surface area (Å²) in [6.07, 6.45) is 1.54. The summed E-state index contributed by atoms with van der Waals surface area (Å²) in [5.74, 6) is -1.82. The Kier molecular flexibility index (Phi) is 5.53. The molecule has 25 heavy (non-hydrogen) atoms. The second-order valence-corrected chi connectivity index (χ2v) is 5.47. The molecular formula is C17H19N3O5. The Balaban J connectivity index is 2.66. The highest BCUT2D eigenvalue weighted by Crippen LogP contribution is 2.38. The van der Waals surface area contributed by atoms with Crippen molar-refractivity contribution in [2.45, 2.75) is 32.6 Å². The molecule has 1 aromatic carbocycles. The molecule has 1 amide bonds. The van der Waals surface area contributed by atoms with Gasteiger partial charge >= 0.3 is 5.97 Å². The molecule has 0 radical (unpaired) electrons. The lowest BCUT2D eigenvalue weighted by molar-refractivity contribution is -0.384. The molecule has 0 aromatic heterocycles. The molecule has 0 bridgehead atoms. The van der Waals surface area contributed by atoms with E-state index in [9.17, 15) is 24.8 Å². The molecule has 0 saturated carbocycles. The summed E-state index contributed by atoms with van der Waals surface area (Å²) < 4.78 is 0. The minimum atomic E-state index is -1.10. The number of benzene rings is 1. The first-order chi connectivity index (χ1) is 11.9. The molecular weight excluding hydrogens is 326 g/mol. The summed E-state index contributed by atoms with van der Waals surface area (Å²) in [5, 5.41) is 26.3. The fraction of sp³-hybridized carbons (Fsp3) is 0.294. The number of aliphatic carboxylic acids is 1. The van der Waals surface area contributed by atoms with Crippen LogP contribution in [0.3, 0.4) is 0 Å². The summed E-state index contributed by atoms with van der Waals surface area (Å²) in [6.45, 7) is 3.73. The molecule has 1 atom stereocenters. The predicted molar refractivity (Wildman–Crippen MR) is 90.4 cm³/mol. The topological polar surface area (TPSA) is 122 Å². The third-order valence-electron chi connectivity index (χ3n) is 4.12. The lowest BCUT2D eigenvalue weighted by Gasteiger charge is -2.32. The zero-order valence-electron chi connectivity index (χ0n) is 13.9. The lowest BCUT2D eigenvalue weighted by atomic mass is 9.82. The Morgan fingerprint density at radius 1 is 1.28 bits per heavy atom. The predicted octanol–water partition coefficient (Wildman–Crippen LogP) is 2.40. The number of carboxylic acids is 1. The number of nitro benzene ring substituents is 1. The number of nitrogens with zero attached hydrogens (tertiary/aromatic N) is 1. The zero-order valence-corrected chi connectivity index (χ0v) is 13.9. The molecule has 8 nitrogen and oxygen atoms in total. The molecule has 3 N–H and O–H groups in total. The number of carboxylic acid groups (broad SMARTS) is 1. The van der Waals surface area contributed by atoms with Gasteiger partial charge in [-0.1, -0.05) is 26.0 Å². The maximum atomic E-state index is 11.9. The van der Waals surface area contributed by atoms with E-state index in [0.29, 0.717) is 36.2 Å². The molecule has 1 aromatic rings. The normalized spacial score (nSPS) is 17.1. The zero-order chi connectivity index (χ0) is 18.6. The summed E-state index contributed by atoms with van der Waals surface area (Å²) in [5.41, 5.74) is 2.32. The summed E-state index contributed by atoms with van der Waals surface area (Å²) >= 11 is 0. The molecule has 0 saturated heterocycles. The minimum Gasteiger partial charge on any atom is -0.478 e. The van der Waals surface area contributed by atoms with Crippen molar-refractivity contribution in [2.24, 2.45) is 0 Å². The minimum absolute atomic E-state index is 0.0844. The highest BCUT2D eigenvalue weighted by atomic mass is 16.6. The number of nitro groups is 1. The van der Waals surface area contributed by atoms with E-state index < -0.39 is 16.8 Å². The molecule has 1 heterocycles. The van der Waals surface area contributed by atoms with Gasteiger partial charge in [-0.25, -0.2) is 4.79 Å². The molecule has 1 aliphatic heterocycles. The standard InChI is InChI=1S/C17H19N3O5/c1-3-12-15(17(22)23)14(16(18-9-21)13(4-2)19-12)10-5-7-11(8-6-10)20(24)25/h5-9,14,19H,3-4H2,1-2H3,(H,18,21)(H,22,23). The number of hydrogen-bond donors (Lipinski definition) is 3. The highest BCUT2D eigenvalue weighted by Gasteiger charge is 2.34. The van der Waals surface area contributed by atoms with Crippen LogP contribution in [-0.2, 0) is 9.59 Å². The van der Waals surface area contributed by atoms with Gasteiger partial charge in [0.25, 0.3) is 5.69 Å². The van der Waals surface area contributed by atoms with Crippen LogP contribution in [0.25, 0.3) is 0 Å². The van der Waals surface area contributed by atoms with Gasteiger partial charge in [-0.15, -0.1) is 0 Å². The average molecular weight is 345 g/mol. The second-order valence-electron chi connectivity index (χ2n) is 5.47. The van der Waals surface area contributed by atoms with Gasteiger partial charge in [0.15, 0.2) is 0 Å². The molecule has 0 fully saturated rings. The van der Waals surface area contributed by atoms with E-state index in [1.54, 1.807) is 0 Å². The van der Waals surface area contributed by atoms with E-state index in [1.165, 1.54) is 24.3 Å². The summed E-state index contributed by atoms with van der Waals surface area (Å²) in [4.78, 5) is 33.3. The SMILES string of the molecule is CCC1=C(NC=O)C(c2ccc([N+](=O)[O-])cc2)C(C(=O)O)=C(CC)N1. The third-order valence-corrected chi connectivity index (χ3v) is 4.12. The van der Waals surface area contributed by atoms with Crippen molar-refractivity contribution in [1.29, 1.82) is 0 Å². The Labute approximate surface area is 144 Å². The molecule has 8 heteroatoms. The number of dihydropyridines is 1. The van der Waals surface area contributed by atoms with E-state index >= 15 is 0 Å². The van der Waals surface area contributed by atoms with E-state index in [2.05, 4.69) is 10.6 Å². The van der Waals surface area contributed by atoms with Crippen LogP contribution in [0.15, 0.2) is 46.9 Å². The maximum Gasteiger partial charge on any atom is 0.334 e. The number of carbonyl (C=O) groups excluding carboxylic acids is 1. The number of hydrogen-bond acceptors (Lipinski definition) is 5. The van der Waals surface area contributed by atoms with Crippen molar-refractivity contribution in [1.82, 2.24) is 10.6 Å². The fourth-order valence-corrected chi connectivity index (χ4v) is 2.98. The van der Waals surface area contributed by atoms with Crippen molar-refractivity contribution >= 4 is 18.1 Å². The summed E-state index contributed by atoms with van der Waals surface area (Å²) in [7, 11) is 0. The number of non-ortho nitro benzene ring substituents is 1. The van der Waals surface area contributed by atoms with Gasteiger partial charge in [-0.2, -0.15) is 0 Å². The smallest absolute Gasteiger partial charge is 0.334 e. The second kappa shape index (κ2) is 7.61. The van der Waals surface area contributed by atoms with Crippen LogP contribution in [0.4, 0.5) is 5.69 Å². The molecule has 1 aliphatic rings. The molecule has 1 unspecified atom stereocenters. The first-order valence-corrected chi connectivity index (χ1v) is 7.85. The van der Waals surface area contributed by atoms with Gasteiger partial charge in [-0.3, -0.25) is 14.9 Å². The van der Waals surface area contributed by atoms with Crippen LogP contribution in [0.1, 0.15) is 38.2 Å². The molecule has 2 rings (SSSR count). The number of nitrogens with one attached hydrogen (secondary N) is 2. The van der Waals surface area contributed by atoms with Crippen LogP contribution in [0.5, 0.6) is 0 Å². The number of amides is 1. The maximum absolute atomic E-state index is 11.9. The largest absolute Gasteiger partial charge is 0.478 e. The van der Waals surface area contributed by atoms with Crippen LogP contribution >= 0.6 is 0 Å². The monoisotopic (exact) mass is 345 g/mol. The van der Waals surface area contributed by atoms with Crippen molar-refractivity contribution in [3.05, 3.63) is 62.6 Å². The van der Waals surface area contributed by atoms with Gasteiger partial charge in [0, 0.05) is 29.2 Å². The van der Waals surface area contributed by atoms with Gasteiger partial charge in [-0.05, 0) is 18.4 Å². The van der Waals surface area contributed by atoms with Gasteiger partial charge in [0.1, 0.15) is 0 Å². The van der Waals surface area contributed by atoms with Crippen molar-refractivity contribution in [3.8, 4) is 0 Å². The van der Waals surface area contributed by atoms with Gasteiger partial charge in [0.05, 0.1) is 16.4 Å². The van der Waals surface area contributed by atoms with Crippen molar-refractivity contribution in [3.63, 3.8) is 0 Å². The van der Waals surface area contributed by atoms with Crippen LogP contribution < -0.4 is 10.6 Å². The Morgan fingerprint density at radius 3 is 2.32 bits per heavy atom. The first-order valence-electron chi connectivity index (χ1n) is 7.85. The van der Waals surface area contributed by atoms with Crippen molar-refractivity contribution < 1.29 is 19.6 Å². The third kappa shape index (κ3) is 3.52. The van der Waals surface area contributed by atoms with Crippen molar-refractivity contribution in [2.75, 3.05) is 0 Å².